The van der Waals surface area contributed by atoms with E-state index in [4.69, 9.17) is 0 Å². The third kappa shape index (κ3) is 3.89. The van der Waals surface area contributed by atoms with Crippen molar-refractivity contribution in [2.45, 2.75) is 17.4 Å². The van der Waals surface area contributed by atoms with Gasteiger partial charge in [0.2, 0.25) is 21.8 Å². The Morgan fingerprint density at radius 2 is 2.12 bits per heavy atom. The molecule has 1 N–H and O–H groups in total. The minimum absolute atomic E-state index is 0.108. The van der Waals surface area contributed by atoms with Crippen molar-refractivity contribution in [3.8, 4) is 0 Å². The Kier molecular flexibility index (Phi) is 5.30. The molecule has 1 atom stereocenters. The first-order valence-corrected chi connectivity index (χ1v) is 10.3. The van der Waals surface area contributed by atoms with E-state index in [0.717, 1.165) is 23.9 Å². The summed E-state index contributed by atoms with van der Waals surface area (Å²) in [5, 5.41) is -0.318. The third-order valence-corrected chi connectivity index (χ3v) is 6.42. The summed E-state index contributed by atoms with van der Waals surface area (Å²) in [4.78, 5) is 38.0. The van der Waals surface area contributed by atoms with Gasteiger partial charge in [0.1, 0.15) is 5.82 Å². The van der Waals surface area contributed by atoms with Crippen molar-refractivity contribution in [3.05, 3.63) is 30.1 Å². The van der Waals surface area contributed by atoms with Crippen LogP contribution >= 0.6 is 11.8 Å². The van der Waals surface area contributed by atoms with Crippen LogP contribution < -0.4 is 4.72 Å². The van der Waals surface area contributed by atoms with Gasteiger partial charge in [-0.25, -0.2) is 17.5 Å². The number of likely N-dealkylation sites (tertiary alicyclic amines) is 1. The van der Waals surface area contributed by atoms with Gasteiger partial charge in [-0.15, -0.1) is 0 Å². The normalized spacial score (nSPS) is 20.9. The van der Waals surface area contributed by atoms with Gasteiger partial charge in [0, 0.05) is 13.1 Å². The number of carbonyl (C=O) groups is 3. The van der Waals surface area contributed by atoms with Gasteiger partial charge in [-0.05, 0) is 24.6 Å². The number of hydrogen-bond donors (Lipinski definition) is 1. The predicted molar refractivity (Wildman–Crippen MR) is 91.3 cm³/mol. The molecule has 0 aromatic heterocycles. The Hall–Kier alpha value is -1.98. The zero-order valence-electron chi connectivity index (χ0n) is 13.6. The van der Waals surface area contributed by atoms with Crippen molar-refractivity contribution >= 4 is 38.8 Å². The zero-order valence-corrected chi connectivity index (χ0v) is 15.2. The number of halogens is 1. The minimum Gasteiger partial charge on any atom is -0.339 e. The van der Waals surface area contributed by atoms with Gasteiger partial charge in [0.15, 0.2) is 0 Å². The number of benzene rings is 1. The second kappa shape index (κ2) is 7.33. The summed E-state index contributed by atoms with van der Waals surface area (Å²) in [7, 11) is -4.01. The lowest BCUT2D eigenvalue weighted by molar-refractivity contribution is -0.130. The number of thioether (sulfide) groups is 1. The molecule has 8 nitrogen and oxygen atoms in total. The molecule has 2 heterocycles. The van der Waals surface area contributed by atoms with Crippen molar-refractivity contribution in [1.29, 1.82) is 0 Å². The van der Waals surface area contributed by atoms with Crippen LogP contribution in [0.5, 0.6) is 0 Å². The molecule has 0 saturated carbocycles. The quantitative estimate of drug-likeness (QED) is 0.766. The van der Waals surface area contributed by atoms with Crippen molar-refractivity contribution in [1.82, 2.24) is 14.5 Å². The summed E-state index contributed by atoms with van der Waals surface area (Å²) >= 11 is 0.934. The largest absolute Gasteiger partial charge is 0.339 e. The zero-order chi connectivity index (χ0) is 18.9. The van der Waals surface area contributed by atoms with E-state index in [1.807, 2.05) is 0 Å². The molecule has 2 fully saturated rings. The van der Waals surface area contributed by atoms with Crippen LogP contribution in [-0.4, -0.2) is 66.7 Å². The van der Waals surface area contributed by atoms with E-state index >= 15 is 0 Å². The van der Waals surface area contributed by atoms with E-state index in [0.29, 0.717) is 13.0 Å². The summed E-state index contributed by atoms with van der Waals surface area (Å²) in [6.07, 6.45) is 0.459. The number of carbonyl (C=O) groups excluding carboxylic acids is 3. The molecule has 140 valence electrons. The van der Waals surface area contributed by atoms with Crippen LogP contribution in [0.25, 0.3) is 0 Å². The number of rotatable bonds is 5. The molecule has 2 aliphatic heterocycles. The lowest BCUT2D eigenvalue weighted by Crippen LogP contribution is -2.43. The maximum absolute atomic E-state index is 13.2. The molecule has 2 saturated heterocycles. The van der Waals surface area contributed by atoms with Crippen molar-refractivity contribution in [2.24, 2.45) is 0 Å². The fraction of sp³-hybridized carbons (Fsp3) is 0.400. The lowest BCUT2D eigenvalue weighted by atomic mass is 10.2. The molecule has 0 radical (unpaired) electrons. The van der Waals surface area contributed by atoms with Gasteiger partial charge in [0.25, 0.3) is 5.24 Å². The Balaban J connectivity index is 1.57. The standard InChI is InChI=1S/C15H16FN3O5S2/c16-10-2-1-3-12(6-10)26(23,24)17-7-13(20)18-5-4-11(8-18)19-14(21)9-25-15(19)22/h1-3,6,11,17H,4-5,7-9H2. The summed E-state index contributed by atoms with van der Waals surface area (Å²) in [6.45, 7) is 0.0215. The SMILES string of the molecule is O=C(CNS(=O)(=O)c1cccc(F)c1)N1CCC(N2C(=O)CSC2=O)C1. The molecule has 11 heteroatoms. The van der Waals surface area contributed by atoms with E-state index < -0.39 is 28.3 Å². The first-order chi connectivity index (χ1) is 12.3. The van der Waals surface area contributed by atoms with Crippen LogP contribution in [0.4, 0.5) is 9.18 Å². The molecule has 1 unspecified atom stereocenters. The van der Waals surface area contributed by atoms with Crippen LogP contribution in [0.3, 0.4) is 0 Å². The number of nitrogens with one attached hydrogen (secondary N) is 1. The summed E-state index contributed by atoms with van der Waals surface area (Å²) < 4.78 is 39.5. The average Bonchev–Trinajstić information content (AvgIpc) is 3.19. The third-order valence-electron chi connectivity index (χ3n) is 4.19. The Bertz CT molecular complexity index is 845. The fourth-order valence-corrected chi connectivity index (χ4v) is 4.66. The molecule has 0 spiro atoms. The van der Waals surface area contributed by atoms with Gasteiger partial charge in [-0.3, -0.25) is 19.3 Å². The molecular weight excluding hydrogens is 385 g/mol. The van der Waals surface area contributed by atoms with E-state index in [9.17, 15) is 27.2 Å². The van der Waals surface area contributed by atoms with Crippen molar-refractivity contribution < 1.29 is 27.2 Å². The van der Waals surface area contributed by atoms with Crippen LogP contribution in [-0.2, 0) is 19.6 Å². The molecular formula is C15H16FN3O5S2. The predicted octanol–water partition coefficient (Wildman–Crippen LogP) is 0.400. The van der Waals surface area contributed by atoms with E-state index in [1.165, 1.54) is 21.9 Å². The fourth-order valence-electron chi connectivity index (χ4n) is 2.88. The summed E-state index contributed by atoms with van der Waals surface area (Å²) in [5.41, 5.74) is 0. The maximum atomic E-state index is 13.2. The van der Waals surface area contributed by atoms with E-state index in [1.54, 1.807) is 0 Å². The second-order valence-corrected chi connectivity index (χ2v) is 8.58. The lowest BCUT2D eigenvalue weighted by Gasteiger charge is -2.22. The molecule has 1 aromatic carbocycles. The van der Waals surface area contributed by atoms with Gasteiger partial charge in [-0.1, -0.05) is 17.8 Å². The summed E-state index contributed by atoms with van der Waals surface area (Å²) in [6, 6.07) is 4.09. The maximum Gasteiger partial charge on any atom is 0.289 e. The Morgan fingerprint density at radius 1 is 1.35 bits per heavy atom. The highest BCUT2D eigenvalue weighted by molar-refractivity contribution is 8.14. The van der Waals surface area contributed by atoms with Crippen LogP contribution in [0.2, 0.25) is 0 Å². The average molecular weight is 401 g/mol. The highest BCUT2D eigenvalue weighted by Gasteiger charge is 2.40. The highest BCUT2D eigenvalue weighted by atomic mass is 32.2. The number of amides is 3. The van der Waals surface area contributed by atoms with E-state index in [-0.39, 0.29) is 34.4 Å². The number of imide groups is 1. The van der Waals surface area contributed by atoms with Gasteiger partial charge in [-0.2, -0.15) is 0 Å². The van der Waals surface area contributed by atoms with Crippen LogP contribution in [0.15, 0.2) is 29.2 Å². The first kappa shape index (κ1) is 18.8. The smallest absolute Gasteiger partial charge is 0.289 e. The van der Waals surface area contributed by atoms with Crippen LogP contribution in [0, 0.1) is 5.82 Å². The number of nitrogens with zero attached hydrogens (tertiary/aromatic N) is 2. The molecule has 0 bridgehead atoms. The van der Waals surface area contributed by atoms with E-state index in [2.05, 4.69) is 4.72 Å². The molecule has 3 rings (SSSR count). The monoisotopic (exact) mass is 401 g/mol. The van der Waals surface area contributed by atoms with Crippen molar-refractivity contribution in [3.63, 3.8) is 0 Å². The molecule has 0 aliphatic carbocycles. The van der Waals surface area contributed by atoms with Gasteiger partial charge >= 0.3 is 0 Å². The molecule has 2 aliphatic rings. The molecule has 3 amide bonds. The molecule has 1 aromatic rings. The Morgan fingerprint density at radius 3 is 2.77 bits per heavy atom. The molecule has 26 heavy (non-hydrogen) atoms. The number of sulfonamides is 1. The van der Waals surface area contributed by atoms with Gasteiger partial charge < -0.3 is 4.90 Å². The summed E-state index contributed by atoms with van der Waals surface area (Å²) in [5.74, 6) is -1.33. The van der Waals surface area contributed by atoms with Crippen molar-refractivity contribution in [2.75, 3.05) is 25.4 Å². The second-order valence-electron chi connectivity index (χ2n) is 5.88. The Labute approximate surface area is 153 Å². The topological polar surface area (TPSA) is 104 Å². The van der Waals surface area contributed by atoms with Gasteiger partial charge in [0.05, 0.1) is 23.2 Å². The first-order valence-electron chi connectivity index (χ1n) is 7.80. The number of hydrogen-bond acceptors (Lipinski definition) is 6. The highest BCUT2D eigenvalue weighted by Crippen LogP contribution is 2.26. The minimum atomic E-state index is -4.01. The van der Waals surface area contributed by atoms with Crippen LogP contribution in [0.1, 0.15) is 6.42 Å².